The predicted molar refractivity (Wildman–Crippen MR) is 154 cm³/mol. The lowest BCUT2D eigenvalue weighted by atomic mass is 9.96. The Hall–Kier alpha value is -2.36. The van der Waals surface area contributed by atoms with Crippen LogP contribution in [-0.4, -0.2) is 91.5 Å². The van der Waals surface area contributed by atoms with Gasteiger partial charge >= 0.3 is 6.03 Å². The number of rotatable bonds is 6. The van der Waals surface area contributed by atoms with E-state index < -0.39 is 6.04 Å². The summed E-state index contributed by atoms with van der Waals surface area (Å²) >= 11 is 0. The van der Waals surface area contributed by atoms with Crippen molar-refractivity contribution in [2.45, 2.75) is 96.4 Å². The average Bonchev–Trinajstić information content (AvgIpc) is 2.90. The van der Waals surface area contributed by atoms with Crippen LogP contribution >= 0.6 is 0 Å². The second-order valence-corrected chi connectivity index (χ2v) is 11.7. The van der Waals surface area contributed by atoms with Gasteiger partial charge in [-0.3, -0.25) is 4.79 Å². The molecule has 1 aromatic carbocycles. The molecule has 220 valence electrons. The average molecular weight is 547 g/mol. The predicted octanol–water partition coefficient (Wildman–Crippen LogP) is 4.50. The summed E-state index contributed by atoms with van der Waals surface area (Å²) in [6.45, 7) is 7.62. The van der Waals surface area contributed by atoms with Gasteiger partial charge in [-0.25, -0.2) is 4.79 Å². The van der Waals surface area contributed by atoms with Crippen LogP contribution in [0.5, 0.6) is 5.75 Å². The third-order valence-electron chi connectivity index (χ3n) is 7.79. The molecule has 0 aromatic heterocycles. The first-order chi connectivity index (χ1) is 18.7. The number of anilines is 1. The quantitative estimate of drug-likeness (QED) is 0.486. The molecule has 1 aliphatic heterocycles. The van der Waals surface area contributed by atoms with Crippen molar-refractivity contribution in [1.29, 1.82) is 0 Å². The summed E-state index contributed by atoms with van der Waals surface area (Å²) in [5.74, 6) is 0.299. The molecular formula is C30H50N4O5. The van der Waals surface area contributed by atoms with E-state index in [0.29, 0.717) is 30.2 Å². The summed E-state index contributed by atoms with van der Waals surface area (Å²) in [5.41, 5.74) is 0.915. The number of nitrogens with one attached hydrogen (secondary N) is 2. The molecule has 0 saturated heterocycles. The summed E-state index contributed by atoms with van der Waals surface area (Å²) in [7, 11) is 4.05. The number of carbonyl (C=O) groups excluding carboxylic acids is 2. The van der Waals surface area contributed by atoms with E-state index in [9.17, 15) is 14.7 Å². The number of nitrogens with zero attached hydrogens (tertiary/aromatic N) is 2. The van der Waals surface area contributed by atoms with Gasteiger partial charge in [-0.2, -0.15) is 0 Å². The van der Waals surface area contributed by atoms with E-state index in [1.807, 2.05) is 27.9 Å². The van der Waals surface area contributed by atoms with Crippen LogP contribution in [0, 0.1) is 5.92 Å². The number of amides is 3. The SMILES string of the molecule is C[C@@H]1CCCCO[C@@H](CN(C)C)[C@H](C)CN([C@@H](C)CO)C(=O)c2cc(NC(=O)NC3CCCCC3)ccc2O1. The zero-order valence-corrected chi connectivity index (χ0v) is 24.6. The van der Waals surface area contributed by atoms with Crippen molar-refractivity contribution in [3.05, 3.63) is 23.8 Å². The fraction of sp³-hybridized carbons (Fsp3) is 0.733. The molecule has 0 spiro atoms. The standard InChI is InChI=1S/C30H50N4O5/c1-21-18-34(22(2)20-35)29(36)26-17-25(32-30(37)31-24-12-7-6-8-13-24)14-15-27(26)39-23(3)11-9-10-16-38-28(21)19-33(4)5/h14-15,17,21-24,28,35H,6-13,16,18-20H2,1-5H3,(H2,31,32,37)/t21-,22+,23-,28+/m1/s1. The van der Waals surface area contributed by atoms with Gasteiger partial charge < -0.3 is 35.0 Å². The molecule has 1 aliphatic carbocycles. The number of hydrogen-bond donors (Lipinski definition) is 3. The molecule has 0 radical (unpaired) electrons. The minimum atomic E-state index is -0.399. The molecule has 39 heavy (non-hydrogen) atoms. The van der Waals surface area contributed by atoms with Crippen LogP contribution in [0.4, 0.5) is 10.5 Å². The normalized spacial score (nSPS) is 24.8. The number of hydrogen-bond acceptors (Lipinski definition) is 6. The number of benzene rings is 1. The Kier molecular flexibility index (Phi) is 12.3. The number of ether oxygens (including phenoxy) is 2. The molecule has 3 amide bonds. The van der Waals surface area contributed by atoms with Crippen molar-refractivity contribution in [2.24, 2.45) is 5.92 Å². The molecule has 1 aromatic rings. The molecule has 2 aliphatic rings. The first kappa shape index (κ1) is 31.2. The number of likely N-dealkylation sites (N-methyl/N-ethyl adjacent to an activating group) is 1. The van der Waals surface area contributed by atoms with Crippen molar-refractivity contribution < 1.29 is 24.2 Å². The van der Waals surface area contributed by atoms with E-state index in [-0.39, 0.29) is 42.7 Å². The first-order valence-electron chi connectivity index (χ1n) is 14.7. The van der Waals surface area contributed by atoms with E-state index in [4.69, 9.17) is 9.47 Å². The lowest BCUT2D eigenvalue weighted by Gasteiger charge is -2.35. The lowest BCUT2D eigenvalue weighted by Crippen LogP contribution is -2.47. The van der Waals surface area contributed by atoms with E-state index in [0.717, 1.165) is 51.5 Å². The molecule has 3 N–H and O–H groups in total. The second kappa shape index (κ2) is 15.4. The summed E-state index contributed by atoms with van der Waals surface area (Å²) in [6.07, 6.45) is 8.06. The Morgan fingerprint density at radius 1 is 1.13 bits per heavy atom. The van der Waals surface area contributed by atoms with Gasteiger partial charge in [0.1, 0.15) is 5.75 Å². The maximum absolute atomic E-state index is 14.1. The van der Waals surface area contributed by atoms with Gasteiger partial charge in [0.05, 0.1) is 30.4 Å². The van der Waals surface area contributed by atoms with E-state index >= 15 is 0 Å². The summed E-state index contributed by atoms with van der Waals surface area (Å²) in [6, 6.07) is 4.78. The highest BCUT2D eigenvalue weighted by Crippen LogP contribution is 2.28. The van der Waals surface area contributed by atoms with Gasteiger partial charge in [-0.1, -0.05) is 26.2 Å². The molecule has 0 unspecified atom stereocenters. The zero-order valence-electron chi connectivity index (χ0n) is 24.6. The number of aliphatic hydroxyl groups excluding tert-OH is 1. The van der Waals surface area contributed by atoms with Crippen LogP contribution in [-0.2, 0) is 4.74 Å². The number of carbonyl (C=O) groups is 2. The van der Waals surface area contributed by atoms with E-state index in [2.05, 4.69) is 22.5 Å². The number of fused-ring (bicyclic) bond motifs is 1. The highest BCUT2D eigenvalue weighted by Gasteiger charge is 2.30. The molecule has 1 fully saturated rings. The van der Waals surface area contributed by atoms with Gasteiger partial charge in [0, 0.05) is 37.3 Å². The fourth-order valence-electron chi connectivity index (χ4n) is 5.42. The Labute approximate surface area is 234 Å². The van der Waals surface area contributed by atoms with Gasteiger partial charge in [-0.05, 0) is 78.2 Å². The summed E-state index contributed by atoms with van der Waals surface area (Å²) in [5, 5.41) is 16.1. The van der Waals surface area contributed by atoms with Gasteiger partial charge in [0.2, 0.25) is 0 Å². The van der Waals surface area contributed by atoms with E-state index in [1.165, 1.54) is 6.42 Å². The minimum absolute atomic E-state index is 0.0409. The molecule has 9 heteroatoms. The second-order valence-electron chi connectivity index (χ2n) is 11.7. The maximum Gasteiger partial charge on any atom is 0.319 e. The van der Waals surface area contributed by atoms with Crippen LogP contribution in [0.3, 0.4) is 0 Å². The highest BCUT2D eigenvalue weighted by molar-refractivity contribution is 5.99. The van der Waals surface area contributed by atoms with E-state index in [1.54, 1.807) is 23.1 Å². The summed E-state index contributed by atoms with van der Waals surface area (Å²) < 4.78 is 12.6. The third kappa shape index (κ3) is 9.65. The van der Waals surface area contributed by atoms with Crippen molar-refractivity contribution in [3.63, 3.8) is 0 Å². The molecule has 9 nitrogen and oxygen atoms in total. The van der Waals surface area contributed by atoms with Crippen molar-refractivity contribution in [3.8, 4) is 5.75 Å². The van der Waals surface area contributed by atoms with Gasteiger partial charge in [0.25, 0.3) is 5.91 Å². The van der Waals surface area contributed by atoms with Crippen LogP contribution in [0.15, 0.2) is 18.2 Å². The molecule has 3 rings (SSSR count). The topological polar surface area (TPSA) is 103 Å². The van der Waals surface area contributed by atoms with Crippen molar-refractivity contribution >= 4 is 17.6 Å². The van der Waals surface area contributed by atoms with Crippen molar-refractivity contribution in [2.75, 3.05) is 45.7 Å². The van der Waals surface area contributed by atoms with Crippen LogP contribution < -0.4 is 15.4 Å². The van der Waals surface area contributed by atoms with Crippen LogP contribution in [0.25, 0.3) is 0 Å². The zero-order chi connectivity index (χ0) is 28.4. The highest BCUT2D eigenvalue weighted by atomic mass is 16.5. The molecule has 4 atom stereocenters. The molecule has 0 bridgehead atoms. The van der Waals surface area contributed by atoms with Crippen molar-refractivity contribution in [1.82, 2.24) is 15.1 Å². The van der Waals surface area contributed by atoms with Crippen LogP contribution in [0.2, 0.25) is 0 Å². The Morgan fingerprint density at radius 3 is 2.54 bits per heavy atom. The van der Waals surface area contributed by atoms with Gasteiger partial charge in [-0.15, -0.1) is 0 Å². The fourth-order valence-corrected chi connectivity index (χ4v) is 5.42. The number of aliphatic hydroxyl groups is 1. The minimum Gasteiger partial charge on any atom is -0.490 e. The third-order valence-corrected chi connectivity index (χ3v) is 7.79. The monoisotopic (exact) mass is 546 g/mol. The van der Waals surface area contributed by atoms with Crippen LogP contribution in [0.1, 0.15) is 82.5 Å². The Balaban J connectivity index is 1.90. The van der Waals surface area contributed by atoms with Gasteiger partial charge in [0.15, 0.2) is 0 Å². The Morgan fingerprint density at radius 2 is 1.85 bits per heavy atom. The maximum atomic E-state index is 14.1. The molecular weight excluding hydrogens is 496 g/mol. The first-order valence-corrected chi connectivity index (χ1v) is 14.7. The largest absolute Gasteiger partial charge is 0.490 e. The number of urea groups is 1. The molecule has 1 saturated carbocycles. The summed E-state index contributed by atoms with van der Waals surface area (Å²) in [4.78, 5) is 30.7. The Bertz CT molecular complexity index is 921. The smallest absolute Gasteiger partial charge is 0.319 e. The molecule has 1 heterocycles. The lowest BCUT2D eigenvalue weighted by molar-refractivity contribution is -0.0137.